The van der Waals surface area contributed by atoms with Crippen molar-refractivity contribution in [2.45, 2.75) is 5.88 Å². The molecule has 1 aliphatic heterocycles. The van der Waals surface area contributed by atoms with Gasteiger partial charge in [0.25, 0.3) is 0 Å². The van der Waals surface area contributed by atoms with E-state index in [2.05, 4.69) is 15.1 Å². The molecule has 2 rings (SSSR count). The smallest absolute Gasteiger partial charge is 0.151 e. The fourth-order valence-corrected chi connectivity index (χ4v) is 1.53. The maximum Gasteiger partial charge on any atom is 0.151 e. The Morgan fingerprint density at radius 2 is 2.00 bits per heavy atom. The van der Waals surface area contributed by atoms with Crippen LogP contribution in [-0.4, -0.2) is 36.5 Å². The molecule has 2 heterocycles. The number of alkyl halides is 1. The van der Waals surface area contributed by atoms with E-state index in [0.717, 1.165) is 37.8 Å². The first-order chi connectivity index (χ1) is 6.90. The molecule has 1 aliphatic rings. The van der Waals surface area contributed by atoms with Gasteiger partial charge in [-0.05, 0) is 12.1 Å². The number of rotatable bonds is 2. The zero-order valence-corrected chi connectivity index (χ0v) is 9.80. The second kappa shape index (κ2) is 6.10. The standard InChI is InChI=1S/C9H12ClN3O.ClH/c10-7-8-1-2-9(12-11-8)13-3-5-14-6-4-13;/h1-2H,3-7H2;1H. The normalized spacial score (nSPS) is 15.9. The molecule has 0 saturated carbocycles. The van der Waals surface area contributed by atoms with Crippen LogP contribution in [0, 0.1) is 0 Å². The van der Waals surface area contributed by atoms with Crippen LogP contribution in [-0.2, 0) is 10.6 Å². The molecule has 15 heavy (non-hydrogen) atoms. The summed E-state index contributed by atoms with van der Waals surface area (Å²) >= 11 is 5.63. The summed E-state index contributed by atoms with van der Waals surface area (Å²) in [5, 5.41) is 8.12. The van der Waals surface area contributed by atoms with Gasteiger partial charge >= 0.3 is 0 Å². The van der Waals surface area contributed by atoms with Gasteiger partial charge in [-0.1, -0.05) is 0 Å². The van der Waals surface area contributed by atoms with Crippen molar-refractivity contribution in [3.05, 3.63) is 17.8 Å². The quantitative estimate of drug-likeness (QED) is 0.745. The number of anilines is 1. The Labute approximate surface area is 100.0 Å². The third kappa shape index (κ3) is 3.19. The average Bonchev–Trinajstić information content (AvgIpc) is 2.30. The van der Waals surface area contributed by atoms with Crippen LogP contribution >= 0.6 is 24.0 Å². The Morgan fingerprint density at radius 1 is 1.27 bits per heavy atom. The van der Waals surface area contributed by atoms with E-state index in [4.69, 9.17) is 16.3 Å². The first-order valence-corrected chi connectivity index (χ1v) is 5.15. The molecule has 0 bridgehead atoms. The van der Waals surface area contributed by atoms with Crippen LogP contribution in [0.1, 0.15) is 5.69 Å². The van der Waals surface area contributed by atoms with Gasteiger partial charge in [-0.3, -0.25) is 0 Å². The highest BCUT2D eigenvalue weighted by Crippen LogP contribution is 2.11. The van der Waals surface area contributed by atoms with Crippen LogP contribution in [0.3, 0.4) is 0 Å². The molecule has 1 fully saturated rings. The van der Waals surface area contributed by atoms with Crippen molar-refractivity contribution in [1.29, 1.82) is 0 Å². The van der Waals surface area contributed by atoms with E-state index in [0.29, 0.717) is 5.88 Å². The fourth-order valence-electron chi connectivity index (χ4n) is 1.39. The van der Waals surface area contributed by atoms with Crippen molar-refractivity contribution in [1.82, 2.24) is 10.2 Å². The second-order valence-electron chi connectivity index (χ2n) is 3.12. The number of hydrogen-bond acceptors (Lipinski definition) is 4. The Morgan fingerprint density at radius 3 is 2.53 bits per heavy atom. The topological polar surface area (TPSA) is 38.2 Å². The number of aromatic nitrogens is 2. The van der Waals surface area contributed by atoms with Gasteiger partial charge in [0.1, 0.15) is 0 Å². The van der Waals surface area contributed by atoms with Crippen LogP contribution in [0.25, 0.3) is 0 Å². The molecule has 0 amide bonds. The minimum Gasteiger partial charge on any atom is -0.378 e. The Balaban J connectivity index is 0.00000112. The summed E-state index contributed by atoms with van der Waals surface area (Å²) < 4.78 is 5.26. The van der Waals surface area contributed by atoms with E-state index >= 15 is 0 Å². The zero-order chi connectivity index (χ0) is 9.80. The molecule has 0 atom stereocenters. The molecule has 4 nitrogen and oxygen atoms in total. The first-order valence-electron chi connectivity index (χ1n) is 4.61. The van der Waals surface area contributed by atoms with Crippen LogP contribution < -0.4 is 4.90 Å². The maximum atomic E-state index is 5.63. The summed E-state index contributed by atoms with van der Waals surface area (Å²) in [5.41, 5.74) is 0.809. The van der Waals surface area contributed by atoms with E-state index in [1.54, 1.807) is 0 Å². The third-order valence-corrected chi connectivity index (χ3v) is 2.45. The molecular weight excluding hydrogens is 237 g/mol. The highest BCUT2D eigenvalue weighted by Gasteiger charge is 2.12. The predicted octanol–water partition coefficient (Wildman–Crippen LogP) is 1.47. The van der Waals surface area contributed by atoms with E-state index in [1.165, 1.54) is 0 Å². The van der Waals surface area contributed by atoms with E-state index < -0.39 is 0 Å². The Bertz CT molecular complexity index is 288. The lowest BCUT2D eigenvalue weighted by Crippen LogP contribution is -2.36. The molecule has 0 radical (unpaired) electrons. The largest absolute Gasteiger partial charge is 0.378 e. The SMILES string of the molecule is Cl.ClCc1ccc(N2CCOCC2)nn1. The number of ether oxygens (including phenoxy) is 1. The lowest BCUT2D eigenvalue weighted by molar-refractivity contribution is 0.122. The van der Waals surface area contributed by atoms with Gasteiger partial charge in [-0.2, -0.15) is 5.10 Å². The van der Waals surface area contributed by atoms with Gasteiger partial charge < -0.3 is 9.64 Å². The summed E-state index contributed by atoms with van der Waals surface area (Å²) in [6, 6.07) is 3.86. The summed E-state index contributed by atoms with van der Waals surface area (Å²) in [5.74, 6) is 1.32. The van der Waals surface area contributed by atoms with Crippen LogP contribution in [0.5, 0.6) is 0 Å². The van der Waals surface area contributed by atoms with E-state index in [-0.39, 0.29) is 12.4 Å². The number of hydrogen-bond donors (Lipinski definition) is 0. The van der Waals surface area contributed by atoms with Gasteiger partial charge in [0.05, 0.1) is 24.8 Å². The molecule has 1 aromatic rings. The minimum absolute atomic E-state index is 0. The van der Waals surface area contributed by atoms with Crippen LogP contribution in [0.2, 0.25) is 0 Å². The van der Waals surface area contributed by atoms with Gasteiger partial charge in [0.15, 0.2) is 5.82 Å². The lowest BCUT2D eigenvalue weighted by atomic mass is 10.3. The molecular formula is C9H13Cl2N3O. The highest BCUT2D eigenvalue weighted by molar-refractivity contribution is 6.16. The Hall–Kier alpha value is -0.580. The fraction of sp³-hybridized carbons (Fsp3) is 0.556. The zero-order valence-electron chi connectivity index (χ0n) is 8.23. The van der Waals surface area contributed by atoms with Crippen molar-refractivity contribution >= 4 is 29.8 Å². The van der Waals surface area contributed by atoms with E-state index in [9.17, 15) is 0 Å². The molecule has 84 valence electrons. The predicted molar refractivity (Wildman–Crippen MR) is 61.9 cm³/mol. The van der Waals surface area contributed by atoms with E-state index in [1.807, 2.05) is 12.1 Å². The Kier molecular flexibility index (Phi) is 5.08. The highest BCUT2D eigenvalue weighted by atomic mass is 35.5. The molecule has 1 aromatic heterocycles. The minimum atomic E-state index is 0. The van der Waals surface area contributed by atoms with Crippen molar-refractivity contribution in [2.24, 2.45) is 0 Å². The summed E-state index contributed by atoms with van der Waals surface area (Å²) in [6.45, 7) is 3.29. The lowest BCUT2D eigenvalue weighted by Gasteiger charge is -2.27. The average molecular weight is 250 g/mol. The van der Waals surface area contributed by atoms with Gasteiger partial charge in [0, 0.05) is 13.1 Å². The number of halogens is 2. The van der Waals surface area contributed by atoms with Gasteiger partial charge in [-0.25, -0.2) is 0 Å². The van der Waals surface area contributed by atoms with Crippen molar-refractivity contribution in [3.8, 4) is 0 Å². The third-order valence-electron chi connectivity index (χ3n) is 2.18. The summed E-state index contributed by atoms with van der Waals surface area (Å²) in [7, 11) is 0. The monoisotopic (exact) mass is 249 g/mol. The molecule has 6 heteroatoms. The summed E-state index contributed by atoms with van der Waals surface area (Å²) in [4.78, 5) is 2.16. The van der Waals surface area contributed by atoms with Gasteiger partial charge in [0.2, 0.25) is 0 Å². The maximum absolute atomic E-state index is 5.63. The van der Waals surface area contributed by atoms with Crippen LogP contribution in [0.4, 0.5) is 5.82 Å². The number of morpholine rings is 1. The molecule has 0 unspecified atom stereocenters. The molecule has 1 saturated heterocycles. The van der Waals surface area contributed by atoms with Crippen LogP contribution in [0.15, 0.2) is 12.1 Å². The molecule has 0 aromatic carbocycles. The van der Waals surface area contributed by atoms with Crippen molar-refractivity contribution in [3.63, 3.8) is 0 Å². The first kappa shape index (κ1) is 12.5. The molecule has 0 aliphatic carbocycles. The number of nitrogens with zero attached hydrogens (tertiary/aromatic N) is 3. The van der Waals surface area contributed by atoms with Crippen molar-refractivity contribution in [2.75, 3.05) is 31.2 Å². The molecule has 0 N–H and O–H groups in total. The van der Waals surface area contributed by atoms with Gasteiger partial charge in [-0.15, -0.1) is 29.1 Å². The second-order valence-corrected chi connectivity index (χ2v) is 3.38. The summed E-state index contributed by atoms with van der Waals surface area (Å²) in [6.07, 6.45) is 0. The molecule has 0 spiro atoms. The van der Waals surface area contributed by atoms with Crippen molar-refractivity contribution < 1.29 is 4.74 Å².